The van der Waals surface area contributed by atoms with E-state index in [2.05, 4.69) is 24.9 Å². The van der Waals surface area contributed by atoms with Gasteiger partial charge in [-0.15, -0.1) is 0 Å². The fourth-order valence-corrected chi connectivity index (χ4v) is 3.42. The van der Waals surface area contributed by atoms with Gasteiger partial charge in [0.05, 0.1) is 6.04 Å². The molecule has 2 aliphatic heterocycles. The van der Waals surface area contributed by atoms with Crippen LogP contribution in [0.1, 0.15) is 25.3 Å². The number of phenols is 1. The predicted octanol–water partition coefficient (Wildman–Crippen LogP) is 2.14. The molecule has 92 valence electrons. The molecule has 3 heteroatoms. The number of fused-ring (bicyclic) bond motifs is 3. The molecule has 1 fully saturated rings. The van der Waals surface area contributed by atoms with Crippen LogP contribution in [0.25, 0.3) is 0 Å². The van der Waals surface area contributed by atoms with Crippen molar-refractivity contribution >= 4 is 0 Å². The maximum absolute atomic E-state index is 9.89. The molecule has 1 saturated heterocycles. The third-order valence-electron chi connectivity index (χ3n) is 4.47. The maximum Gasteiger partial charge on any atom is 0.164 e. The number of phenolic OH excluding ortho intramolecular Hbond substituents is 1. The second-order valence-corrected chi connectivity index (χ2v) is 5.48. The van der Waals surface area contributed by atoms with Gasteiger partial charge >= 0.3 is 0 Å². The van der Waals surface area contributed by atoms with Gasteiger partial charge in [0.25, 0.3) is 0 Å². The molecule has 2 atom stereocenters. The second-order valence-electron chi connectivity index (χ2n) is 5.48. The van der Waals surface area contributed by atoms with E-state index in [-0.39, 0.29) is 11.2 Å². The fourth-order valence-electron chi connectivity index (χ4n) is 3.42. The van der Waals surface area contributed by atoms with Crippen LogP contribution in [0, 0.1) is 0 Å². The van der Waals surface area contributed by atoms with Gasteiger partial charge in [0.1, 0.15) is 6.61 Å². The summed E-state index contributed by atoms with van der Waals surface area (Å²) in [6.07, 6.45) is 2.38. The van der Waals surface area contributed by atoms with Gasteiger partial charge in [-0.1, -0.05) is 19.1 Å². The molecule has 0 bridgehead atoms. The number of benzene rings is 1. The van der Waals surface area contributed by atoms with E-state index in [1.165, 1.54) is 18.4 Å². The van der Waals surface area contributed by atoms with Crippen LogP contribution >= 0.6 is 0 Å². The van der Waals surface area contributed by atoms with Crippen LogP contribution in [0.2, 0.25) is 0 Å². The smallest absolute Gasteiger partial charge is 0.164 e. The zero-order valence-electron chi connectivity index (χ0n) is 10.4. The molecule has 2 heterocycles. The number of likely N-dealkylation sites (N-methyl/N-ethyl adjacent to an activating group) is 1. The Hall–Kier alpha value is -1.22. The van der Waals surface area contributed by atoms with E-state index < -0.39 is 0 Å². The fraction of sp³-hybridized carbons (Fsp3) is 0.571. The predicted molar refractivity (Wildman–Crippen MR) is 66.6 cm³/mol. The molecule has 0 spiro atoms. The highest BCUT2D eigenvalue weighted by Crippen LogP contribution is 2.48. The largest absolute Gasteiger partial charge is 0.504 e. The molecule has 0 amide bonds. The van der Waals surface area contributed by atoms with Crippen LogP contribution in [0.5, 0.6) is 11.5 Å². The summed E-state index contributed by atoms with van der Waals surface area (Å²) < 4.78 is 5.77. The summed E-state index contributed by atoms with van der Waals surface area (Å²) in [5.41, 5.74) is 1.28. The molecule has 1 N–H and O–H groups in total. The lowest BCUT2D eigenvalue weighted by Crippen LogP contribution is -2.56. The lowest BCUT2D eigenvalue weighted by atomic mass is 9.68. The quantitative estimate of drug-likeness (QED) is 0.745. The van der Waals surface area contributed by atoms with Gasteiger partial charge in [-0.2, -0.15) is 0 Å². The summed E-state index contributed by atoms with van der Waals surface area (Å²) in [4.78, 5) is 2.39. The van der Waals surface area contributed by atoms with E-state index in [0.29, 0.717) is 18.4 Å². The molecule has 0 aromatic heterocycles. The summed E-state index contributed by atoms with van der Waals surface area (Å²) in [6, 6.07) is 6.14. The Morgan fingerprint density at radius 1 is 1.47 bits per heavy atom. The molecule has 0 aliphatic carbocycles. The number of hydrogen-bond acceptors (Lipinski definition) is 3. The number of ether oxygens (including phenoxy) is 1. The zero-order chi connectivity index (χ0) is 12.0. The van der Waals surface area contributed by atoms with Crippen molar-refractivity contribution in [3.05, 3.63) is 23.8 Å². The van der Waals surface area contributed by atoms with Gasteiger partial charge in [-0.05, 0) is 32.5 Å². The van der Waals surface area contributed by atoms with Crippen molar-refractivity contribution in [1.82, 2.24) is 4.90 Å². The van der Waals surface area contributed by atoms with Crippen LogP contribution in [-0.2, 0) is 5.41 Å². The van der Waals surface area contributed by atoms with E-state index in [0.717, 1.165) is 6.54 Å². The Morgan fingerprint density at radius 3 is 3.12 bits per heavy atom. The number of para-hydroxylation sites is 1. The van der Waals surface area contributed by atoms with Gasteiger partial charge < -0.3 is 9.84 Å². The molecule has 2 aliphatic rings. The molecule has 0 saturated carbocycles. The van der Waals surface area contributed by atoms with Crippen molar-refractivity contribution in [2.45, 2.75) is 31.2 Å². The number of aromatic hydroxyl groups is 1. The Morgan fingerprint density at radius 2 is 2.29 bits per heavy atom. The van der Waals surface area contributed by atoms with Crippen molar-refractivity contribution in [2.75, 3.05) is 20.2 Å². The van der Waals surface area contributed by atoms with Gasteiger partial charge in [-0.25, -0.2) is 0 Å². The molecule has 1 aromatic rings. The summed E-state index contributed by atoms with van der Waals surface area (Å²) >= 11 is 0. The summed E-state index contributed by atoms with van der Waals surface area (Å²) in [5, 5.41) is 9.89. The van der Waals surface area contributed by atoms with E-state index in [4.69, 9.17) is 4.74 Å². The van der Waals surface area contributed by atoms with Crippen LogP contribution in [0.4, 0.5) is 0 Å². The van der Waals surface area contributed by atoms with E-state index in [9.17, 15) is 5.11 Å². The minimum Gasteiger partial charge on any atom is -0.504 e. The van der Waals surface area contributed by atoms with Gasteiger partial charge in [0, 0.05) is 11.0 Å². The van der Waals surface area contributed by atoms with Crippen molar-refractivity contribution in [3.8, 4) is 11.5 Å². The Labute approximate surface area is 102 Å². The Kier molecular flexibility index (Phi) is 2.33. The number of likely N-dealkylation sites (tertiary alicyclic amines) is 1. The molecule has 0 radical (unpaired) electrons. The van der Waals surface area contributed by atoms with Crippen molar-refractivity contribution in [2.24, 2.45) is 0 Å². The molecular formula is C14H19NO2. The van der Waals surface area contributed by atoms with Gasteiger partial charge in [0.15, 0.2) is 11.5 Å². The average molecular weight is 233 g/mol. The highest BCUT2D eigenvalue weighted by atomic mass is 16.5. The molecule has 3 nitrogen and oxygen atoms in total. The van der Waals surface area contributed by atoms with Gasteiger partial charge in [-0.3, -0.25) is 4.90 Å². The number of piperidine rings is 1. The highest BCUT2D eigenvalue weighted by Gasteiger charge is 2.46. The zero-order valence-corrected chi connectivity index (χ0v) is 10.4. The first kappa shape index (κ1) is 10.9. The lowest BCUT2D eigenvalue weighted by molar-refractivity contribution is 0.0383. The summed E-state index contributed by atoms with van der Waals surface area (Å²) in [7, 11) is 2.17. The molecule has 17 heavy (non-hydrogen) atoms. The standard InChI is InChI=1S/C14H19NO2/c1-14-7-4-8-15(2)12(14)9-17-13-10(14)5-3-6-11(13)16/h3,5-6,12,16H,4,7-9H2,1-2H3/t12-,14-/m0/s1. The van der Waals surface area contributed by atoms with Crippen molar-refractivity contribution < 1.29 is 9.84 Å². The first-order valence-electron chi connectivity index (χ1n) is 6.28. The SMILES string of the molecule is CN1CCC[C@@]2(C)c3cccc(O)c3OC[C@H]12. The third kappa shape index (κ3) is 1.45. The molecule has 3 rings (SSSR count). The summed E-state index contributed by atoms with van der Waals surface area (Å²) in [6.45, 7) is 4.11. The monoisotopic (exact) mass is 233 g/mol. The third-order valence-corrected chi connectivity index (χ3v) is 4.47. The van der Waals surface area contributed by atoms with E-state index >= 15 is 0 Å². The topological polar surface area (TPSA) is 32.7 Å². The molecular weight excluding hydrogens is 214 g/mol. The van der Waals surface area contributed by atoms with Gasteiger partial charge in [0.2, 0.25) is 0 Å². The number of rotatable bonds is 0. The van der Waals surface area contributed by atoms with E-state index in [1.54, 1.807) is 6.07 Å². The second kappa shape index (κ2) is 3.64. The van der Waals surface area contributed by atoms with Crippen LogP contribution in [0.15, 0.2) is 18.2 Å². The lowest BCUT2D eigenvalue weighted by Gasteiger charge is -2.50. The van der Waals surface area contributed by atoms with E-state index in [1.807, 2.05) is 6.07 Å². The Bertz CT molecular complexity index is 446. The van der Waals surface area contributed by atoms with Crippen LogP contribution in [0.3, 0.4) is 0 Å². The highest BCUT2D eigenvalue weighted by molar-refractivity contribution is 5.51. The number of hydrogen-bond donors (Lipinski definition) is 1. The Balaban J connectivity index is 2.12. The summed E-state index contributed by atoms with van der Waals surface area (Å²) in [5.74, 6) is 0.969. The van der Waals surface area contributed by atoms with Crippen LogP contribution < -0.4 is 4.74 Å². The first-order valence-corrected chi connectivity index (χ1v) is 6.28. The van der Waals surface area contributed by atoms with Crippen LogP contribution in [-0.4, -0.2) is 36.2 Å². The molecule has 1 aromatic carbocycles. The van der Waals surface area contributed by atoms with Crippen molar-refractivity contribution in [3.63, 3.8) is 0 Å². The minimum atomic E-state index is 0.110. The minimum absolute atomic E-state index is 0.110. The average Bonchev–Trinajstić information content (AvgIpc) is 2.30. The first-order chi connectivity index (χ1) is 8.13. The normalized spacial score (nSPS) is 32.5. The van der Waals surface area contributed by atoms with Crippen molar-refractivity contribution in [1.29, 1.82) is 0 Å². The number of nitrogens with zero attached hydrogens (tertiary/aromatic N) is 1. The molecule has 0 unspecified atom stereocenters. The maximum atomic E-state index is 9.89.